The second-order valence-electron chi connectivity index (χ2n) is 2.95. The monoisotopic (exact) mass is 164 g/mol. The molecule has 0 amide bonds. The minimum atomic E-state index is -1.26. The Bertz CT molecular complexity index is 69.8. The van der Waals surface area contributed by atoms with Gasteiger partial charge in [0, 0.05) is 0 Å². The van der Waals surface area contributed by atoms with Gasteiger partial charge in [0.2, 0.25) is 0 Å². The van der Waals surface area contributed by atoms with Crippen LogP contribution in [0.5, 0.6) is 0 Å². The Kier molecular flexibility index (Phi) is 4.38. The van der Waals surface area contributed by atoms with Crippen LogP contribution in [-0.2, 0) is 8.85 Å². The van der Waals surface area contributed by atoms with Crippen LogP contribution < -0.4 is 0 Å². The first-order valence-corrected chi connectivity index (χ1v) is 7.41. The lowest BCUT2D eigenvalue weighted by Crippen LogP contribution is -2.27. The molecule has 0 aromatic heterocycles. The summed E-state index contributed by atoms with van der Waals surface area (Å²) in [6, 6.07) is 0. The van der Waals surface area contributed by atoms with Crippen molar-refractivity contribution >= 4 is 18.8 Å². The summed E-state index contributed by atoms with van der Waals surface area (Å²) in [5.41, 5.74) is 0. The van der Waals surface area contributed by atoms with E-state index in [4.69, 9.17) is 8.85 Å². The van der Waals surface area contributed by atoms with Gasteiger partial charge in [-0.15, -0.1) is 0 Å². The molecule has 56 valence electrons. The van der Waals surface area contributed by atoms with Crippen LogP contribution in [0.1, 0.15) is 0 Å². The molecule has 0 bridgehead atoms. The maximum absolute atomic E-state index is 5.51. The van der Waals surface area contributed by atoms with Crippen molar-refractivity contribution in [2.75, 3.05) is 13.2 Å². The van der Waals surface area contributed by atoms with Gasteiger partial charge in [-0.1, -0.05) is 0 Å². The van der Waals surface area contributed by atoms with Gasteiger partial charge in [0.05, 0.1) is 13.2 Å². The van der Waals surface area contributed by atoms with Crippen LogP contribution in [-0.4, -0.2) is 32.0 Å². The van der Waals surface area contributed by atoms with Crippen molar-refractivity contribution in [3.8, 4) is 0 Å². The first-order chi connectivity index (χ1) is 4.06. The van der Waals surface area contributed by atoms with E-state index >= 15 is 0 Å². The third-order valence-electron chi connectivity index (χ3n) is 0.823. The van der Waals surface area contributed by atoms with E-state index in [1.807, 2.05) is 0 Å². The minimum absolute atomic E-state index is 0.774. The fourth-order valence-electron chi connectivity index (χ4n) is 0.431. The smallest absolute Gasteiger partial charge is 0.183 e. The standard InChI is InChI=1S/C5H16O2Si2/c1-9(2,3)7-5-4-6-8/h4-5H2,1-3,8H3. The van der Waals surface area contributed by atoms with Crippen LogP contribution in [0.3, 0.4) is 0 Å². The predicted octanol–water partition coefficient (Wildman–Crippen LogP) is 0.135. The molecule has 0 radical (unpaired) electrons. The van der Waals surface area contributed by atoms with E-state index in [9.17, 15) is 0 Å². The topological polar surface area (TPSA) is 18.5 Å². The summed E-state index contributed by atoms with van der Waals surface area (Å²) in [5, 5.41) is 0. The Labute approximate surface area is 61.2 Å². The normalized spacial score (nSPS) is 12.3. The lowest BCUT2D eigenvalue weighted by molar-refractivity contribution is 0.224. The lowest BCUT2D eigenvalue weighted by atomic mass is 10.8. The van der Waals surface area contributed by atoms with Crippen LogP contribution in [0, 0.1) is 0 Å². The molecule has 0 saturated heterocycles. The van der Waals surface area contributed by atoms with Gasteiger partial charge in [-0.05, 0) is 19.6 Å². The minimum Gasteiger partial charge on any atom is -0.426 e. The number of rotatable bonds is 4. The first kappa shape index (κ1) is 9.35. The molecule has 0 aromatic carbocycles. The molecule has 0 aliphatic carbocycles. The maximum Gasteiger partial charge on any atom is 0.183 e. The van der Waals surface area contributed by atoms with E-state index in [1.54, 1.807) is 0 Å². The molecular weight excluding hydrogens is 148 g/mol. The summed E-state index contributed by atoms with van der Waals surface area (Å²) in [7, 11) is -0.434. The summed E-state index contributed by atoms with van der Waals surface area (Å²) in [6.07, 6.45) is 0. The van der Waals surface area contributed by atoms with Gasteiger partial charge in [-0.2, -0.15) is 0 Å². The largest absolute Gasteiger partial charge is 0.426 e. The van der Waals surface area contributed by atoms with Gasteiger partial charge in [0.15, 0.2) is 8.32 Å². The molecule has 0 rings (SSSR count). The van der Waals surface area contributed by atoms with Gasteiger partial charge in [-0.25, -0.2) is 0 Å². The average Bonchev–Trinajstić information content (AvgIpc) is 1.63. The molecule has 0 heterocycles. The van der Waals surface area contributed by atoms with E-state index in [0.717, 1.165) is 23.7 Å². The average molecular weight is 164 g/mol. The van der Waals surface area contributed by atoms with Crippen LogP contribution in [0.25, 0.3) is 0 Å². The highest BCUT2D eigenvalue weighted by atomic mass is 28.4. The second-order valence-corrected chi connectivity index (χ2v) is 8.04. The first-order valence-electron chi connectivity index (χ1n) is 3.19. The molecule has 4 heteroatoms. The highest BCUT2D eigenvalue weighted by molar-refractivity contribution is 6.69. The maximum atomic E-state index is 5.51. The molecule has 9 heavy (non-hydrogen) atoms. The van der Waals surface area contributed by atoms with Crippen LogP contribution in [0.2, 0.25) is 19.6 Å². The molecule has 0 saturated carbocycles. The van der Waals surface area contributed by atoms with Gasteiger partial charge in [-0.3, -0.25) is 0 Å². The Morgan fingerprint density at radius 1 is 1.22 bits per heavy atom. The molecule has 0 atom stereocenters. The van der Waals surface area contributed by atoms with Crippen molar-refractivity contribution in [1.82, 2.24) is 0 Å². The second kappa shape index (κ2) is 4.21. The lowest BCUT2D eigenvalue weighted by Gasteiger charge is -2.16. The Hall–Kier alpha value is 0.354. The zero-order valence-electron chi connectivity index (χ0n) is 6.73. The van der Waals surface area contributed by atoms with Crippen molar-refractivity contribution in [2.24, 2.45) is 0 Å². The zero-order valence-corrected chi connectivity index (χ0v) is 9.73. The fourth-order valence-corrected chi connectivity index (χ4v) is 1.29. The van der Waals surface area contributed by atoms with E-state index < -0.39 is 8.32 Å². The Balaban J connectivity index is 3.07. The molecule has 0 fully saturated rings. The number of hydrogen-bond acceptors (Lipinski definition) is 2. The van der Waals surface area contributed by atoms with Gasteiger partial charge < -0.3 is 8.85 Å². The van der Waals surface area contributed by atoms with Crippen LogP contribution in [0.15, 0.2) is 0 Å². The number of hydrogen-bond donors (Lipinski definition) is 0. The Morgan fingerprint density at radius 3 is 2.11 bits per heavy atom. The Morgan fingerprint density at radius 2 is 1.78 bits per heavy atom. The van der Waals surface area contributed by atoms with E-state index in [1.165, 1.54) is 0 Å². The van der Waals surface area contributed by atoms with Crippen LogP contribution in [0.4, 0.5) is 0 Å². The third kappa shape index (κ3) is 8.35. The fraction of sp³-hybridized carbons (Fsp3) is 1.00. The molecule has 0 aromatic rings. The predicted molar refractivity (Wildman–Crippen MR) is 45.2 cm³/mol. The third-order valence-corrected chi connectivity index (χ3v) is 2.30. The van der Waals surface area contributed by atoms with Crippen molar-refractivity contribution < 1.29 is 8.85 Å². The summed E-state index contributed by atoms with van der Waals surface area (Å²) in [6.45, 7) is 8.09. The summed E-state index contributed by atoms with van der Waals surface area (Å²) < 4.78 is 10.5. The van der Waals surface area contributed by atoms with Gasteiger partial charge in [0.25, 0.3) is 0 Å². The summed E-state index contributed by atoms with van der Waals surface area (Å²) >= 11 is 0. The molecular formula is C5H16O2Si2. The van der Waals surface area contributed by atoms with Gasteiger partial charge >= 0.3 is 0 Å². The highest BCUT2D eigenvalue weighted by Crippen LogP contribution is 2.00. The molecule has 2 nitrogen and oxygen atoms in total. The van der Waals surface area contributed by atoms with E-state index in [2.05, 4.69) is 19.6 Å². The highest BCUT2D eigenvalue weighted by Gasteiger charge is 2.12. The molecule has 0 N–H and O–H groups in total. The SMILES string of the molecule is C[Si](C)(C)OCCO[SiH3]. The summed E-state index contributed by atoms with van der Waals surface area (Å²) in [5.74, 6) is 0. The van der Waals surface area contributed by atoms with Gasteiger partial charge in [0.1, 0.15) is 10.5 Å². The van der Waals surface area contributed by atoms with E-state index in [0.29, 0.717) is 0 Å². The molecule has 0 aliphatic heterocycles. The molecule has 0 aliphatic rings. The van der Waals surface area contributed by atoms with Crippen molar-refractivity contribution in [3.63, 3.8) is 0 Å². The molecule has 0 spiro atoms. The quantitative estimate of drug-likeness (QED) is 0.434. The van der Waals surface area contributed by atoms with Crippen molar-refractivity contribution in [3.05, 3.63) is 0 Å². The summed E-state index contributed by atoms with van der Waals surface area (Å²) in [4.78, 5) is 0. The van der Waals surface area contributed by atoms with Crippen LogP contribution >= 0.6 is 0 Å². The van der Waals surface area contributed by atoms with Crippen molar-refractivity contribution in [1.29, 1.82) is 0 Å². The molecule has 0 unspecified atom stereocenters. The van der Waals surface area contributed by atoms with E-state index in [-0.39, 0.29) is 0 Å². The zero-order chi connectivity index (χ0) is 7.33. The van der Waals surface area contributed by atoms with Crippen molar-refractivity contribution in [2.45, 2.75) is 19.6 Å².